The Hall–Kier alpha value is -0.680. The summed E-state index contributed by atoms with van der Waals surface area (Å²) in [5.74, 6) is 0. The minimum atomic E-state index is 0.504. The van der Waals surface area contributed by atoms with E-state index in [0.717, 1.165) is 36.2 Å². The van der Waals surface area contributed by atoms with Crippen molar-refractivity contribution in [3.05, 3.63) is 5.01 Å². The molecule has 0 radical (unpaired) electrons. The van der Waals surface area contributed by atoms with Gasteiger partial charge in [-0.15, -0.1) is 10.2 Å². The Morgan fingerprint density at radius 1 is 1.36 bits per heavy atom. The maximum Gasteiger partial charge on any atom is 0.205 e. The maximum absolute atomic E-state index is 5.39. The standard InChI is InChI=1S/C9H15N3OS/c1-7-11-12-9(14-7)10-8-3-2-5-13-6-4-8/h8H,2-6H2,1H3,(H,10,12). The zero-order valence-corrected chi connectivity index (χ0v) is 9.14. The molecule has 0 bridgehead atoms. The van der Waals surface area contributed by atoms with Gasteiger partial charge in [0.1, 0.15) is 5.01 Å². The first-order chi connectivity index (χ1) is 6.84. The highest BCUT2D eigenvalue weighted by Crippen LogP contribution is 2.18. The zero-order chi connectivity index (χ0) is 9.80. The number of nitrogens with one attached hydrogen (secondary N) is 1. The summed E-state index contributed by atoms with van der Waals surface area (Å²) >= 11 is 1.61. The van der Waals surface area contributed by atoms with Crippen LogP contribution in [0.25, 0.3) is 0 Å². The molecule has 4 nitrogen and oxygen atoms in total. The van der Waals surface area contributed by atoms with Gasteiger partial charge in [-0.1, -0.05) is 11.3 Å². The van der Waals surface area contributed by atoms with Crippen molar-refractivity contribution in [1.29, 1.82) is 0 Å². The van der Waals surface area contributed by atoms with Crippen LogP contribution >= 0.6 is 11.3 Å². The number of hydrogen-bond donors (Lipinski definition) is 1. The molecule has 2 heterocycles. The first-order valence-corrected chi connectivity index (χ1v) is 5.80. The van der Waals surface area contributed by atoms with Gasteiger partial charge < -0.3 is 10.1 Å². The molecule has 5 heteroatoms. The van der Waals surface area contributed by atoms with Crippen molar-refractivity contribution in [3.8, 4) is 0 Å². The SMILES string of the molecule is Cc1nnc(NC2CCCOCC2)s1. The molecule has 78 valence electrons. The van der Waals surface area contributed by atoms with Crippen LogP contribution in [0.15, 0.2) is 0 Å². The van der Waals surface area contributed by atoms with Gasteiger partial charge in [0, 0.05) is 19.3 Å². The summed E-state index contributed by atoms with van der Waals surface area (Å²) in [5, 5.41) is 13.4. The van der Waals surface area contributed by atoms with Crippen LogP contribution < -0.4 is 5.32 Å². The van der Waals surface area contributed by atoms with E-state index in [1.165, 1.54) is 6.42 Å². The van der Waals surface area contributed by atoms with Crippen LogP contribution in [0.5, 0.6) is 0 Å². The number of nitrogens with zero attached hydrogens (tertiary/aromatic N) is 2. The molecule has 0 saturated carbocycles. The first-order valence-electron chi connectivity index (χ1n) is 4.99. The van der Waals surface area contributed by atoms with Crippen molar-refractivity contribution in [2.45, 2.75) is 32.2 Å². The fraction of sp³-hybridized carbons (Fsp3) is 0.778. The highest BCUT2D eigenvalue weighted by Gasteiger charge is 2.13. The third-order valence-corrected chi connectivity index (χ3v) is 3.08. The van der Waals surface area contributed by atoms with Crippen LogP contribution in [0.1, 0.15) is 24.3 Å². The Balaban J connectivity index is 1.89. The van der Waals surface area contributed by atoms with E-state index in [-0.39, 0.29) is 0 Å². The average Bonchev–Trinajstić information content (AvgIpc) is 2.43. The van der Waals surface area contributed by atoms with E-state index in [2.05, 4.69) is 15.5 Å². The van der Waals surface area contributed by atoms with Crippen LogP contribution in [0.2, 0.25) is 0 Å². The summed E-state index contributed by atoms with van der Waals surface area (Å²) in [6.07, 6.45) is 3.37. The summed E-state index contributed by atoms with van der Waals surface area (Å²) in [5.41, 5.74) is 0. The molecule has 1 aliphatic heterocycles. The Kier molecular flexibility index (Phi) is 3.31. The zero-order valence-electron chi connectivity index (χ0n) is 8.32. The van der Waals surface area contributed by atoms with Gasteiger partial charge in [-0.3, -0.25) is 0 Å². The molecule has 0 aromatic carbocycles. The summed E-state index contributed by atoms with van der Waals surface area (Å²) < 4.78 is 5.39. The molecule has 0 amide bonds. The molecule has 14 heavy (non-hydrogen) atoms. The third-order valence-electron chi connectivity index (χ3n) is 2.31. The van der Waals surface area contributed by atoms with Crippen LogP contribution in [-0.2, 0) is 4.74 Å². The van der Waals surface area contributed by atoms with E-state index in [0.29, 0.717) is 6.04 Å². The Morgan fingerprint density at radius 2 is 2.29 bits per heavy atom. The van der Waals surface area contributed by atoms with Crippen molar-refractivity contribution in [2.24, 2.45) is 0 Å². The Bertz CT molecular complexity index is 281. The molecule has 2 rings (SSSR count). The summed E-state index contributed by atoms with van der Waals surface area (Å²) in [4.78, 5) is 0. The van der Waals surface area contributed by atoms with E-state index in [4.69, 9.17) is 4.74 Å². The topological polar surface area (TPSA) is 47.0 Å². The van der Waals surface area contributed by atoms with Crippen molar-refractivity contribution in [2.75, 3.05) is 18.5 Å². The van der Waals surface area contributed by atoms with E-state index in [1.807, 2.05) is 6.92 Å². The molecule has 1 unspecified atom stereocenters. The van der Waals surface area contributed by atoms with Crippen molar-refractivity contribution in [1.82, 2.24) is 10.2 Å². The lowest BCUT2D eigenvalue weighted by Crippen LogP contribution is -2.19. The predicted octanol–water partition coefficient (Wildman–Crippen LogP) is 1.83. The quantitative estimate of drug-likeness (QED) is 0.814. The highest BCUT2D eigenvalue weighted by molar-refractivity contribution is 7.15. The van der Waals surface area contributed by atoms with Crippen LogP contribution in [0, 0.1) is 6.92 Å². The van der Waals surface area contributed by atoms with Crippen molar-refractivity contribution < 1.29 is 4.74 Å². The normalized spacial score (nSPS) is 23.1. The number of rotatable bonds is 2. The van der Waals surface area contributed by atoms with Crippen molar-refractivity contribution in [3.63, 3.8) is 0 Å². The summed E-state index contributed by atoms with van der Waals surface area (Å²) in [6.45, 7) is 3.72. The maximum atomic E-state index is 5.39. The molecular weight excluding hydrogens is 198 g/mol. The first kappa shape index (κ1) is 9.86. The van der Waals surface area contributed by atoms with Gasteiger partial charge in [-0.25, -0.2) is 0 Å². The molecule has 1 fully saturated rings. The fourth-order valence-corrected chi connectivity index (χ4v) is 2.25. The van der Waals surface area contributed by atoms with Crippen LogP contribution in [0.3, 0.4) is 0 Å². The van der Waals surface area contributed by atoms with Gasteiger partial charge in [0.25, 0.3) is 0 Å². The van der Waals surface area contributed by atoms with Gasteiger partial charge in [-0.2, -0.15) is 0 Å². The Labute approximate surface area is 87.7 Å². The molecular formula is C9H15N3OS. The van der Waals surface area contributed by atoms with Crippen LogP contribution in [-0.4, -0.2) is 29.5 Å². The molecule has 0 aliphatic carbocycles. The highest BCUT2D eigenvalue weighted by atomic mass is 32.1. The molecule has 1 saturated heterocycles. The number of aryl methyl sites for hydroxylation is 1. The van der Waals surface area contributed by atoms with E-state index in [9.17, 15) is 0 Å². The van der Waals surface area contributed by atoms with Gasteiger partial charge in [-0.05, 0) is 26.2 Å². The fourth-order valence-electron chi connectivity index (χ4n) is 1.58. The average molecular weight is 213 g/mol. The summed E-state index contributed by atoms with van der Waals surface area (Å²) in [6, 6.07) is 0.504. The molecule has 0 spiro atoms. The summed E-state index contributed by atoms with van der Waals surface area (Å²) in [7, 11) is 0. The molecule has 1 aromatic rings. The van der Waals surface area contributed by atoms with Gasteiger partial charge in [0.15, 0.2) is 0 Å². The second-order valence-electron chi connectivity index (χ2n) is 3.51. The lowest BCUT2D eigenvalue weighted by atomic mass is 10.1. The molecule has 1 N–H and O–H groups in total. The van der Waals surface area contributed by atoms with Crippen LogP contribution in [0.4, 0.5) is 5.13 Å². The lowest BCUT2D eigenvalue weighted by Gasteiger charge is -2.13. The second-order valence-corrected chi connectivity index (χ2v) is 4.69. The third kappa shape index (κ3) is 2.65. The molecule has 1 aliphatic rings. The smallest absolute Gasteiger partial charge is 0.205 e. The Morgan fingerprint density at radius 3 is 3.07 bits per heavy atom. The second kappa shape index (κ2) is 4.70. The monoisotopic (exact) mass is 213 g/mol. The number of anilines is 1. The molecule has 1 aromatic heterocycles. The van der Waals surface area contributed by atoms with E-state index < -0.39 is 0 Å². The number of hydrogen-bond acceptors (Lipinski definition) is 5. The molecule has 1 atom stereocenters. The van der Waals surface area contributed by atoms with E-state index in [1.54, 1.807) is 11.3 Å². The van der Waals surface area contributed by atoms with Gasteiger partial charge in [0.05, 0.1) is 0 Å². The van der Waals surface area contributed by atoms with Gasteiger partial charge >= 0.3 is 0 Å². The lowest BCUT2D eigenvalue weighted by molar-refractivity contribution is 0.144. The van der Waals surface area contributed by atoms with Crippen molar-refractivity contribution >= 4 is 16.5 Å². The van der Waals surface area contributed by atoms with E-state index >= 15 is 0 Å². The number of ether oxygens (including phenoxy) is 1. The largest absolute Gasteiger partial charge is 0.381 e. The van der Waals surface area contributed by atoms with Gasteiger partial charge in [0.2, 0.25) is 5.13 Å². The minimum Gasteiger partial charge on any atom is -0.381 e. The number of aromatic nitrogens is 2. The predicted molar refractivity (Wildman–Crippen MR) is 56.7 cm³/mol. The minimum absolute atomic E-state index is 0.504.